The highest BCUT2D eigenvalue weighted by Crippen LogP contribution is 2.38. The molecule has 3 fully saturated rings. The molecule has 2 saturated heterocycles. The van der Waals surface area contributed by atoms with Crippen molar-refractivity contribution in [3.05, 3.63) is 47.6 Å². The van der Waals surface area contributed by atoms with Crippen LogP contribution in [0.15, 0.2) is 47.6 Å². The number of hydrogen-bond acceptors (Lipinski definition) is 13. The molecule has 3 aliphatic heterocycles. The number of carbonyl (C=O) groups is 5. The van der Waals surface area contributed by atoms with Gasteiger partial charge in [0.05, 0.1) is 24.4 Å². The van der Waals surface area contributed by atoms with Crippen molar-refractivity contribution in [1.82, 2.24) is 4.90 Å². The molecule has 3 heterocycles. The van der Waals surface area contributed by atoms with Gasteiger partial charge in [-0.25, -0.2) is 4.79 Å². The average Bonchev–Trinajstić information content (AvgIpc) is 3.76. The molecular formula is C50H77NO13. The Morgan fingerprint density at radius 3 is 2.25 bits per heavy atom. The van der Waals surface area contributed by atoms with E-state index in [9.17, 15) is 39.3 Å². The number of nitrogens with zero attached hydrogens (tertiary/aromatic N) is 1. The number of fused-ring (bicyclic) bond motifs is 3. The average molecular weight is 900 g/mol. The number of carbonyl (C=O) groups excluding carboxylic acids is 5. The normalized spacial score (nSPS) is 40.7. The fourth-order valence-corrected chi connectivity index (χ4v) is 9.95. The zero-order valence-electron chi connectivity index (χ0n) is 39.9. The summed E-state index contributed by atoms with van der Waals surface area (Å²) in [5, 5.41) is 33.7. The first-order valence-corrected chi connectivity index (χ1v) is 23.4. The van der Waals surface area contributed by atoms with Gasteiger partial charge in [0.2, 0.25) is 5.79 Å². The number of methoxy groups -OCH3 is 3. The molecule has 4 aliphatic rings. The lowest BCUT2D eigenvalue weighted by Gasteiger charge is -2.41. The van der Waals surface area contributed by atoms with Crippen molar-refractivity contribution in [1.29, 1.82) is 0 Å². The molecule has 0 spiro atoms. The highest BCUT2D eigenvalue weighted by molar-refractivity contribution is 6.39. The summed E-state index contributed by atoms with van der Waals surface area (Å²) >= 11 is 0. The Morgan fingerprint density at radius 2 is 1.58 bits per heavy atom. The van der Waals surface area contributed by atoms with E-state index in [0.717, 1.165) is 16.9 Å². The summed E-state index contributed by atoms with van der Waals surface area (Å²) in [5.41, 5.74) is 1.26. The minimum absolute atomic E-state index is 0.0199. The van der Waals surface area contributed by atoms with Crippen LogP contribution in [0.4, 0.5) is 0 Å². The van der Waals surface area contributed by atoms with E-state index in [1.807, 2.05) is 58.1 Å². The second-order valence-corrected chi connectivity index (χ2v) is 19.2. The first-order chi connectivity index (χ1) is 30.2. The van der Waals surface area contributed by atoms with Crippen LogP contribution in [0.1, 0.15) is 119 Å². The summed E-state index contributed by atoms with van der Waals surface area (Å²) in [6.45, 7) is 12.7. The fraction of sp³-hybridized carbons (Fsp3) is 0.740. The number of allylic oxidation sites excluding steroid dienone is 6. The number of aliphatic hydroxyl groups excluding tert-OH is 2. The van der Waals surface area contributed by atoms with Crippen molar-refractivity contribution in [2.24, 2.45) is 35.5 Å². The van der Waals surface area contributed by atoms with E-state index in [4.69, 9.17) is 23.7 Å². The van der Waals surface area contributed by atoms with Crippen molar-refractivity contribution in [3.63, 3.8) is 0 Å². The molecule has 0 aromatic carbocycles. The Kier molecular flexibility index (Phi) is 20.3. The summed E-state index contributed by atoms with van der Waals surface area (Å²) in [6, 6.07) is -1.13. The van der Waals surface area contributed by atoms with E-state index in [1.165, 1.54) is 7.11 Å². The molecule has 64 heavy (non-hydrogen) atoms. The number of cyclic esters (lactones) is 1. The molecule has 2 bridgehead atoms. The molecule has 14 heteroatoms. The molecule has 14 nitrogen and oxygen atoms in total. The number of hydrogen-bond donors (Lipinski definition) is 3. The van der Waals surface area contributed by atoms with Gasteiger partial charge in [0, 0.05) is 58.5 Å². The van der Waals surface area contributed by atoms with Gasteiger partial charge < -0.3 is 43.9 Å². The summed E-state index contributed by atoms with van der Waals surface area (Å²) in [7, 11) is 4.51. The first-order valence-electron chi connectivity index (χ1n) is 23.4. The number of ether oxygens (including phenoxy) is 5. The molecular weight excluding hydrogens is 823 g/mol. The molecule has 3 N–H and O–H groups in total. The lowest BCUT2D eigenvalue weighted by atomic mass is 9.78. The van der Waals surface area contributed by atoms with Gasteiger partial charge in [-0.05, 0) is 101 Å². The van der Waals surface area contributed by atoms with Gasteiger partial charge in [0.1, 0.15) is 30.1 Å². The molecule has 1 unspecified atom stereocenters. The molecule has 360 valence electrons. The van der Waals surface area contributed by atoms with E-state index in [-0.39, 0.29) is 54.8 Å². The second kappa shape index (κ2) is 24.4. The van der Waals surface area contributed by atoms with Gasteiger partial charge in [-0.2, -0.15) is 0 Å². The van der Waals surface area contributed by atoms with Gasteiger partial charge in [0.15, 0.2) is 5.78 Å². The summed E-state index contributed by atoms with van der Waals surface area (Å²) in [5.74, 6) is -7.97. The van der Waals surface area contributed by atoms with Crippen molar-refractivity contribution < 1.29 is 63.0 Å². The maximum absolute atomic E-state index is 14.2. The van der Waals surface area contributed by atoms with Crippen LogP contribution >= 0.6 is 0 Å². The standard InChI is InChI=1S/C50H77NO13/c1-29-15-12-11-13-16-30(2)41(60-8)27-37-20-18-35(7)50(59,64-37)47(56)48(57)51-22-14-17-38(51)49(58)63-42(32(4)25-36-19-21-39(52)43(26-36)61-9)28-40(53)31(3)24-34(6)45(55)46(62-10)44(54)33(5)23-29/h11-13,15-16,24,29,31-33,35-39,41-43,45-46,52,55,59H,14,17-23,25-28H2,1-10H3/b13-11+,15-12-,30-16+,34-24-/t29-,31-,32-,33-,35-,36+,37+,38+,39-,41+,42+,43?,45-,46+,50-/m1/s1. The Labute approximate surface area is 380 Å². The fourth-order valence-electron chi connectivity index (χ4n) is 9.95. The first kappa shape index (κ1) is 53.2. The van der Waals surface area contributed by atoms with Crippen molar-refractivity contribution in [2.75, 3.05) is 27.9 Å². The highest BCUT2D eigenvalue weighted by Gasteiger charge is 2.53. The monoisotopic (exact) mass is 900 g/mol. The second-order valence-electron chi connectivity index (χ2n) is 19.2. The number of ketones is 3. The van der Waals surface area contributed by atoms with Crippen molar-refractivity contribution >= 4 is 29.2 Å². The van der Waals surface area contributed by atoms with Gasteiger partial charge in [-0.15, -0.1) is 0 Å². The Bertz CT molecular complexity index is 1740. The Morgan fingerprint density at radius 1 is 0.859 bits per heavy atom. The van der Waals surface area contributed by atoms with E-state index >= 15 is 0 Å². The molecule has 1 aliphatic carbocycles. The van der Waals surface area contributed by atoms with Crippen LogP contribution in [0.2, 0.25) is 0 Å². The van der Waals surface area contributed by atoms with Crippen LogP contribution in [-0.4, -0.2) is 132 Å². The van der Waals surface area contributed by atoms with Crippen LogP contribution in [0.5, 0.6) is 0 Å². The minimum atomic E-state index is -2.42. The number of esters is 1. The molecule has 1 amide bonds. The van der Waals surface area contributed by atoms with Crippen LogP contribution in [-0.2, 0) is 47.7 Å². The summed E-state index contributed by atoms with van der Waals surface area (Å²) in [4.78, 5) is 71.2. The third kappa shape index (κ3) is 13.6. The molecule has 4 rings (SSSR count). The minimum Gasteiger partial charge on any atom is -0.460 e. The molecule has 15 atom stereocenters. The third-order valence-electron chi connectivity index (χ3n) is 14.2. The third-order valence-corrected chi connectivity index (χ3v) is 14.2. The number of Topliss-reactive ketones (excluding diaryl/α,β-unsaturated/α-hetero) is 3. The quantitative estimate of drug-likeness (QED) is 0.165. The smallest absolute Gasteiger partial charge is 0.329 e. The van der Waals surface area contributed by atoms with Gasteiger partial charge in [-0.1, -0.05) is 71.1 Å². The maximum atomic E-state index is 14.2. The van der Waals surface area contributed by atoms with E-state index in [1.54, 1.807) is 41.1 Å². The topological polar surface area (TPSA) is 195 Å². The zero-order valence-corrected chi connectivity index (χ0v) is 39.9. The van der Waals surface area contributed by atoms with Crippen LogP contribution in [0, 0.1) is 35.5 Å². The number of rotatable bonds is 6. The van der Waals surface area contributed by atoms with Gasteiger partial charge >= 0.3 is 5.97 Å². The summed E-state index contributed by atoms with van der Waals surface area (Å²) in [6.07, 6.45) is 10.5. The molecule has 0 radical (unpaired) electrons. The molecule has 0 aromatic heterocycles. The van der Waals surface area contributed by atoms with Crippen LogP contribution in [0.25, 0.3) is 0 Å². The summed E-state index contributed by atoms with van der Waals surface area (Å²) < 4.78 is 29.2. The van der Waals surface area contributed by atoms with Crippen LogP contribution < -0.4 is 0 Å². The van der Waals surface area contributed by atoms with E-state index < -0.39 is 83.9 Å². The predicted molar refractivity (Wildman–Crippen MR) is 241 cm³/mol. The van der Waals surface area contributed by atoms with E-state index in [0.29, 0.717) is 56.9 Å². The lowest BCUT2D eigenvalue weighted by Crippen LogP contribution is -2.59. The van der Waals surface area contributed by atoms with E-state index in [2.05, 4.69) is 0 Å². The maximum Gasteiger partial charge on any atom is 0.329 e. The van der Waals surface area contributed by atoms with Crippen molar-refractivity contribution in [3.8, 4) is 0 Å². The SMILES string of the molecule is COC1C[C@H](C[C@@H](C)[C@@H]2CC(=O)[C@H](C)/C=C(/C)[C@@H](O)[C@@H](OC)C(=O)[C@H](C)C[C@H](C)\C=C/C=C/C=C(\C)[C@@H](OC)C[C@@H]3CC[C@@H](C)[C@@](O)(O3)C(=O)C(=O)N3CCC[C@H]3C(=O)O2)CC[C@H]1O. The predicted octanol–water partition coefficient (Wildman–Crippen LogP) is 5.79. The highest BCUT2D eigenvalue weighted by atomic mass is 16.6. The van der Waals surface area contributed by atoms with Gasteiger partial charge in [0.25, 0.3) is 11.7 Å². The largest absolute Gasteiger partial charge is 0.460 e. The Hall–Kier alpha value is -3.37. The van der Waals surface area contributed by atoms with Crippen LogP contribution in [0.3, 0.4) is 0 Å². The van der Waals surface area contributed by atoms with Gasteiger partial charge in [-0.3, -0.25) is 19.2 Å². The molecule has 0 aromatic rings. The zero-order chi connectivity index (χ0) is 47.5. The lowest BCUT2D eigenvalue weighted by molar-refractivity contribution is -0.265. The van der Waals surface area contributed by atoms with Crippen molar-refractivity contribution in [2.45, 2.75) is 174 Å². The molecule has 1 saturated carbocycles. The Balaban J connectivity index is 1.68. The number of amides is 1. The number of aliphatic hydroxyl groups is 3.